The number of amides is 5. The lowest BCUT2D eigenvalue weighted by Crippen LogP contribution is -2.51. The van der Waals surface area contributed by atoms with Crippen molar-refractivity contribution in [2.75, 3.05) is 39.3 Å². The van der Waals surface area contributed by atoms with E-state index in [2.05, 4.69) is 36.6 Å². The highest BCUT2D eigenvalue weighted by Crippen LogP contribution is 2.15. The first-order valence-corrected chi connectivity index (χ1v) is 20.8. The third-order valence-electron chi connectivity index (χ3n) is 9.81. The average molecular weight is 926 g/mol. The molecule has 0 spiro atoms. The SMILES string of the molecule is O=C(O)Cn1c(=O)c(C(=O)NCc2ccc(Cl)cc2)cc2cccnc21.O=C1CN(C(=O)Cn2c(=O)c(C(=O)NCc3ccc(Cl)cc3)cc3cccnc32)CCN1.O=C1CNCCN1. The Hall–Kier alpha value is -7.48. The molecule has 0 bridgehead atoms. The molecule has 21 heteroatoms. The van der Waals surface area contributed by atoms with Gasteiger partial charge in [0, 0.05) is 72.5 Å². The van der Waals surface area contributed by atoms with Crippen LogP contribution in [0.3, 0.4) is 0 Å². The van der Waals surface area contributed by atoms with Crippen LogP contribution in [0.25, 0.3) is 22.1 Å². The van der Waals surface area contributed by atoms with E-state index < -0.39 is 41.4 Å². The predicted octanol–water partition coefficient (Wildman–Crippen LogP) is 1.71. The second-order valence-electron chi connectivity index (χ2n) is 14.4. The van der Waals surface area contributed by atoms with Crippen LogP contribution in [0.5, 0.6) is 0 Å². The van der Waals surface area contributed by atoms with E-state index in [1.165, 1.54) is 34.0 Å². The minimum absolute atomic E-state index is 0.0692. The third-order valence-corrected chi connectivity index (χ3v) is 10.3. The molecule has 0 aliphatic carbocycles. The fourth-order valence-electron chi connectivity index (χ4n) is 6.57. The summed E-state index contributed by atoms with van der Waals surface area (Å²) in [5.41, 5.74) is 0.590. The van der Waals surface area contributed by atoms with Crippen molar-refractivity contribution >= 4 is 80.8 Å². The number of carboxylic acid groups (broad SMARTS) is 1. The minimum atomic E-state index is -1.20. The molecule has 2 aliphatic rings. The van der Waals surface area contributed by atoms with Gasteiger partial charge < -0.3 is 36.6 Å². The maximum atomic E-state index is 13.2. The molecule has 19 nitrogen and oxygen atoms in total. The van der Waals surface area contributed by atoms with Gasteiger partial charge in [0.2, 0.25) is 17.7 Å². The lowest BCUT2D eigenvalue weighted by molar-refractivity contribution is -0.138. The van der Waals surface area contributed by atoms with Crippen LogP contribution in [0.2, 0.25) is 10.0 Å². The van der Waals surface area contributed by atoms with E-state index in [0.717, 1.165) is 28.8 Å². The molecule has 336 valence electrons. The van der Waals surface area contributed by atoms with E-state index in [1.807, 2.05) is 0 Å². The highest BCUT2D eigenvalue weighted by atomic mass is 35.5. The molecule has 0 unspecified atom stereocenters. The molecule has 0 saturated carbocycles. The number of hydrogen-bond acceptors (Lipinski definition) is 11. The number of carbonyl (C=O) groups excluding carboxylic acids is 5. The van der Waals surface area contributed by atoms with Crippen molar-refractivity contribution in [2.45, 2.75) is 26.2 Å². The molecule has 2 aromatic carbocycles. The molecule has 4 aromatic heterocycles. The summed E-state index contributed by atoms with van der Waals surface area (Å²) < 4.78 is 2.16. The number of rotatable bonds is 10. The number of aliphatic carboxylic acids is 1. The number of benzene rings is 2. The minimum Gasteiger partial charge on any atom is -0.480 e. The number of hydrogen-bond donors (Lipinski definition) is 6. The molecule has 65 heavy (non-hydrogen) atoms. The van der Waals surface area contributed by atoms with Crippen LogP contribution >= 0.6 is 23.2 Å². The number of fused-ring (bicyclic) bond motifs is 2. The molecule has 8 rings (SSSR count). The predicted molar refractivity (Wildman–Crippen MR) is 240 cm³/mol. The van der Waals surface area contributed by atoms with Crippen LogP contribution in [-0.4, -0.2) is 104 Å². The summed E-state index contributed by atoms with van der Waals surface area (Å²) >= 11 is 11.7. The van der Waals surface area contributed by atoms with Crippen molar-refractivity contribution < 1.29 is 33.9 Å². The summed E-state index contributed by atoms with van der Waals surface area (Å²) in [6.45, 7) is 2.33. The molecule has 2 fully saturated rings. The highest BCUT2D eigenvalue weighted by molar-refractivity contribution is 6.30. The van der Waals surface area contributed by atoms with Gasteiger partial charge in [0.15, 0.2) is 0 Å². The number of nitrogens with zero attached hydrogens (tertiary/aromatic N) is 5. The Labute approximate surface area is 379 Å². The zero-order valence-electron chi connectivity index (χ0n) is 34.5. The summed E-state index contributed by atoms with van der Waals surface area (Å²) in [5.74, 6) is -2.89. The highest BCUT2D eigenvalue weighted by Gasteiger charge is 2.24. The summed E-state index contributed by atoms with van der Waals surface area (Å²) in [7, 11) is 0. The van der Waals surface area contributed by atoms with Gasteiger partial charge in [-0.05, 0) is 71.8 Å². The van der Waals surface area contributed by atoms with Crippen molar-refractivity contribution in [2.24, 2.45) is 0 Å². The number of halogens is 2. The quantitative estimate of drug-likeness (QED) is 0.115. The van der Waals surface area contributed by atoms with Crippen LogP contribution in [0, 0.1) is 0 Å². The molecule has 2 aliphatic heterocycles. The second kappa shape index (κ2) is 22.2. The van der Waals surface area contributed by atoms with Gasteiger partial charge in [0.1, 0.15) is 35.5 Å². The van der Waals surface area contributed by atoms with Crippen molar-refractivity contribution in [3.05, 3.63) is 150 Å². The first-order valence-electron chi connectivity index (χ1n) is 20.0. The fraction of sp³-hybridized carbons (Fsp3) is 0.227. The van der Waals surface area contributed by atoms with Gasteiger partial charge in [0.05, 0.1) is 13.1 Å². The molecule has 6 aromatic rings. The first kappa shape index (κ1) is 47.0. The maximum Gasteiger partial charge on any atom is 0.323 e. The standard InChI is InChI=1S/C22H20ClN5O4.C18H14ClN3O4.C4H8N2O/c23-16-5-3-14(4-6-16)11-26-21(31)17-10-15-2-1-7-25-20(15)28(22(17)32)13-19(30)27-9-8-24-18(29)12-27;19-13-5-3-11(4-6-13)9-21-17(25)14-8-12-2-1-7-20-16(12)22(18(14)26)10-15(23)24;7-4-3-5-1-2-6-4/h1-7,10H,8-9,11-13H2,(H,24,29)(H,26,31);1-8H,9-10H2,(H,21,25)(H,23,24);5H,1-3H2,(H,6,7). The number of aromatic nitrogens is 4. The third kappa shape index (κ3) is 12.8. The molecule has 6 N–H and O–H groups in total. The van der Waals surface area contributed by atoms with Crippen LogP contribution < -0.4 is 37.7 Å². The smallest absolute Gasteiger partial charge is 0.323 e. The molecule has 5 amide bonds. The first-order chi connectivity index (χ1) is 31.3. The monoisotopic (exact) mass is 924 g/mol. The summed E-state index contributed by atoms with van der Waals surface area (Å²) in [4.78, 5) is 106. The largest absolute Gasteiger partial charge is 0.480 e. The van der Waals surface area contributed by atoms with E-state index in [1.54, 1.807) is 72.8 Å². The molecular formula is C44H42Cl2N10O9. The van der Waals surface area contributed by atoms with Crippen LogP contribution in [0.1, 0.15) is 31.8 Å². The van der Waals surface area contributed by atoms with Crippen molar-refractivity contribution in [1.82, 2.24) is 50.6 Å². The Kier molecular flexibility index (Phi) is 16.1. The van der Waals surface area contributed by atoms with Crippen molar-refractivity contribution in [3.63, 3.8) is 0 Å². The van der Waals surface area contributed by atoms with Crippen LogP contribution in [-0.2, 0) is 45.4 Å². The number of carboxylic acids is 1. The van der Waals surface area contributed by atoms with E-state index >= 15 is 0 Å². The summed E-state index contributed by atoms with van der Waals surface area (Å²) in [5, 5.41) is 24.9. The summed E-state index contributed by atoms with van der Waals surface area (Å²) in [6.07, 6.45) is 2.97. The fourth-order valence-corrected chi connectivity index (χ4v) is 6.82. The molecular weight excluding hydrogens is 883 g/mol. The van der Waals surface area contributed by atoms with Gasteiger partial charge in [0.25, 0.3) is 22.9 Å². The Morgan fingerprint density at radius 3 is 1.57 bits per heavy atom. The number of pyridine rings is 4. The van der Waals surface area contributed by atoms with Gasteiger partial charge in [-0.15, -0.1) is 0 Å². The zero-order chi connectivity index (χ0) is 46.5. The summed E-state index contributed by atoms with van der Waals surface area (Å²) in [6, 6.07) is 23.5. The molecule has 0 radical (unpaired) electrons. The number of carbonyl (C=O) groups is 6. The molecule has 6 heterocycles. The van der Waals surface area contributed by atoms with Gasteiger partial charge in [-0.25, -0.2) is 9.97 Å². The van der Waals surface area contributed by atoms with E-state index in [-0.39, 0.29) is 54.8 Å². The Morgan fingerprint density at radius 1 is 0.646 bits per heavy atom. The maximum absolute atomic E-state index is 13.2. The van der Waals surface area contributed by atoms with Crippen LogP contribution in [0.15, 0.2) is 107 Å². The molecule has 0 atom stereocenters. The Morgan fingerprint density at radius 2 is 1.14 bits per heavy atom. The lowest BCUT2D eigenvalue weighted by atomic mass is 10.1. The Bertz CT molecular complexity index is 2860. The topological polar surface area (TPSA) is 256 Å². The normalized spacial score (nSPS) is 13.3. The van der Waals surface area contributed by atoms with Gasteiger partial charge in [-0.1, -0.05) is 47.5 Å². The van der Waals surface area contributed by atoms with E-state index in [0.29, 0.717) is 46.1 Å². The zero-order valence-corrected chi connectivity index (χ0v) is 36.0. The average Bonchev–Trinajstić information content (AvgIpc) is 3.30. The second-order valence-corrected chi connectivity index (χ2v) is 15.3. The number of nitrogens with one attached hydrogen (secondary N) is 5. The Balaban J connectivity index is 0.000000190. The molecule has 2 saturated heterocycles. The van der Waals surface area contributed by atoms with E-state index in [4.69, 9.17) is 28.3 Å². The van der Waals surface area contributed by atoms with Gasteiger partial charge in [-0.2, -0.15) is 0 Å². The van der Waals surface area contributed by atoms with E-state index in [9.17, 15) is 38.4 Å². The van der Waals surface area contributed by atoms with Crippen molar-refractivity contribution in [1.29, 1.82) is 0 Å². The van der Waals surface area contributed by atoms with Gasteiger partial charge >= 0.3 is 5.97 Å². The lowest BCUT2D eigenvalue weighted by Gasteiger charge is -2.27. The van der Waals surface area contributed by atoms with Gasteiger partial charge in [-0.3, -0.25) is 47.5 Å². The van der Waals surface area contributed by atoms with Crippen LogP contribution in [0.4, 0.5) is 0 Å². The van der Waals surface area contributed by atoms with Crippen molar-refractivity contribution in [3.8, 4) is 0 Å². The number of piperazine rings is 2.